The molecule has 0 saturated carbocycles. The zero-order valence-corrected chi connectivity index (χ0v) is 11.9. The van der Waals surface area contributed by atoms with Crippen LogP contribution in [0.5, 0.6) is 0 Å². The fraction of sp³-hybridized carbons (Fsp3) is 0.385. The minimum Gasteiger partial charge on any atom is -0.465 e. The fourth-order valence-corrected chi connectivity index (χ4v) is 2.12. The molecule has 0 heterocycles. The first-order chi connectivity index (χ1) is 9.52. The third-order valence-electron chi connectivity index (χ3n) is 2.23. The molecule has 0 spiro atoms. The van der Waals surface area contributed by atoms with Crippen molar-refractivity contribution in [2.45, 2.75) is 13.0 Å². The van der Waals surface area contributed by atoms with Gasteiger partial charge in [0.15, 0.2) is 0 Å². The molecule has 0 aliphatic heterocycles. The van der Waals surface area contributed by atoms with Crippen molar-refractivity contribution in [3.8, 4) is 0 Å². The smallest absolute Gasteiger partial charge is 0.323 e. The van der Waals surface area contributed by atoms with Crippen LogP contribution in [0.25, 0.3) is 0 Å². The molecule has 0 radical (unpaired) electrons. The molecule has 1 amide bonds. The predicted octanol–water partition coefficient (Wildman–Crippen LogP) is 1.39. The number of carbonyl (C=O) groups is 2. The second-order valence-corrected chi connectivity index (χ2v) is 4.96. The topological polar surface area (TPSA) is 81.4 Å². The summed E-state index contributed by atoms with van der Waals surface area (Å²) in [6, 6.07) is 4.88. The minimum absolute atomic E-state index is 0.129. The number of hydrogen-bond donors (Lipinski definition) is 2. The summed E-state index contributed by atoms with van der Waals surface area (Å²) >= 11 is 1.22. The molecule has 1 aromatic carbocycles. The maximum atomic E-state index is 12.9. The Balaban J connectivity index is 2.28. The van der Waals surface area contributed by atoms with Crippen LogP contribution in [0.1, 0.15) is 6.92 Å². The van der Waals surface area contributed by atoms with E-state index in [1.54, 1.807) is 13.0 Å². The van der Waals surface area contributed by atoms with Gasteiger partial charge >= 0.3 is 5.97 Å². The van der Waals surface area contributed by atoms with Crippen molar-refractivity contribution in [3.63, 3.8) is 0 Å². The molecule has 0 saturated heterocycles. The zero-order valence-electron chi connectivity index (χ0n) is 11.1. The third kappa shape index (κ3) is 6.03. The van der Waals surface area contributed by atoms with Crippen LogP contribution >= 0.6 is 11.8 Å². The van der Waals surface area contributed by atoms with Gasteiger partial charge < -0.3 is 15.8 Å². The number of rotatable bonds is 7. The number of esters is 1. The Morgan fingerprint density at radius 2 is 2.25 bits per heavy atom. The molecule has 1 unspecified atom stereocenters. The van der Waals surface area contributed by atoms with Gasteiger partial charge in [0.25, 0.3) is 0 Å². The Morgan fingerprint density at radius 1 is 1.50 bits per heavy atom. The SMILES string of the molecule is CCOC(=O)C(N)CSCC(=O)Nc1cccc(F)c1. The van der Waals surface area contributed by atoms with Gasteiger partial charge in [-0.3, -0.25) is 9.59 Å². The second-order valence-electron chi connectivity index (χ2n) is 3.93. The standard InChI is InChI=1S/C13H17FN2O3S/c1-2-19-13(18)11(15)7-20-8-12(17)16-10-5-3-4-9(14)6-10/h3-6,11H,2,7-8,15H2,1H3,(H,16,17). The van der Waals surface area contributed by atoms with Gasteiger partial charge in [-0.15, -0.1) is 11.8 Å². The summed E-state index contributed by atoms with van der Waals surface area (Å²) in [5.74, 6) is -0.763. The summed E-state index contributed by atoms with van der Waals surface area (Å²) in [6.07, 6.45) is 0. The predicted molar refractivity (Wildman–Crippen MR) is 77.0 cm³/mol. The third-order valence-corrected chi connectivity index (χ3v) is 3.29. The van der Waals surface area contributed by atoms with Gasteiger partial charge in [0.2, 0.25) is 5.91 Å². The number of nitrogens with one attached hydrogen (secondary N) is 1. The van der Waals surface area contributed by atoms with Gasteiger partial charge in [-0.25, -0.2) is 4.39 Å². The van der Waals surface area contributed by atoms with Crippen LogP contribution in [0, 0.1) is 5.82 Å². The van der Waals surface area contributed by atoms with Crippen LogP contribution in [0.15, 0.2) is 24.3 Å². The summed E-state index contributed by atoms with van der Waals surface area (Å²) in [7, 11) is 0. The highest BCUT2D eigenvalue weighted by molar-refractivity contribution is 8.00. The van der Waals surface area contributed by atoms with E-state index in [0.717, 1.165) is 0 Å². The minimum atomic E-state index is -0.748. The van der Waals surface area contributed by atoms with Crippen LogP contribution in [-0.2, 0) is 14.3 Å². The lowest BCUT2D eigenvalue weighted by atomic mass is 10.3. The molecular weight excluding hydrogens is 283 g/mol. The Kier molecular flexibility index (Phi) is 7.03. The number of anilines is 1. The summed E-state index contributed by atoms with van der Waals surface area (Å²) in [4.78, 5) is 22.8. The lowest BCUT2D eigenvalue weighted by molar-refractivity contribution is -0.144. The molecule has 1 rings (SSSR count). The van der Waals surface area contributed by atoms with E-state index in [1.165, 1.54) is 30.0 Å². The number of hydrogen-bond acceptors (Lipinski definition) is 5. The average molecular weight is 300 g/mol. The van der Waals surface area contributed by atoms with Gasteiger partial charge in [0.05, 0.1) is 12.4 Å². The molecule has 0 aromatic heterocycles. The van der Waals surface area contributed by atoms with Crippen LogP contribution in [-0.4, -0.2) is 36.0 Å². The van der Waals surface area contributed by atoms with Crippen molar-refractivity contribution >= 4 is 29.3 Å². The van der Waals surface area contributed by atoms with Gasteiger partial charge in [0.1, 0.15) is 11.9 Å². The Labute approximate surface area is 121 Å². The average Bonchev–Trinajstić information content (AvgIpc) is 2.38. The van der Waals surface area contributed by atoms with Gasteiger partial charge in [-0.05, 0) is 25.1 Å². The van der Waals surface area contributed by atoms with Crippen LogP contribution in [0.2, 0.25) is 0 Å². The van der Waals surface area contributed by atoms with E-state index in [-0.39, 0.29) is 24.0 Å². The molecule has 0 aliphatic rings. The quantitative estimate of drug-likeness (QED) is 0.744. The monoisotopic (exact) mass is 300 g/mol. The molecule has 110 valence electrons. The Morgan fingerprint density at radius 3 is 2.90 bits per heavy atom. The first kappa shape index (κ1) is 16.5. The van der Waals surface area contributed by atoms with Gasteiger partial charge in [-0.1, -0.05) is 6.07 Å². The van der Waals surface area contributed by atoms with E-state index in [1.807, 2.05) is 0 Å². The summed E-state index contributed by atoms with van der Waals surface area (Å²) < 4.78 is 17.7. The maximum Gasteiger partial charge on any atom is 0.323 e. The molecule has 1 aromatic rings. The van der Waals surface area contributed by atoms with E-state index in [4.69, 9.17) is 10.5 Å². The van der Waals surface area contributed by atoms with Crippen LogP contribution < -0.4 is 11.1 Å². The maximum absolute atomic E-state index is 12.9. The number of benzene rings is 1. The molecular formula is C13H17FN2O3S. The Bertz CT molecular complexity index is 471. The van der Waals surface area contributed by atoms with Crippen molar-refractivity contribution in [1.29, 1.82) is 0 Å². The zero-order chi connectivity index (χ0) is 15.0. The molecule has 7 heteroatoms. The Hall–Kier alpha value is -1.60. The fourth-order valence-electron chi connectivity index (χ4n) is 1.36. The molecule has 20 heavy (non-hydrogen) atoms. The van der Waals surface area contributed by atoms with Crippen molar-refractivity contribution in [3.05, 3.63) is 30.1 Å². The molecule has 1 atom stereocenters. The number of halogens is 1. The number of ether oxygens (including phenoxy) is 1. The van der Waals surface area contributed by atoms with E-state index in [0.29, 0.717) is 5.69 Å². The van der Waals surface area contributed by atoms with Crippen molar-refractivity contribution in [2.24, 2.45) is 5.73 Å². The summed E-state index contributed by atoms with van der Waals surface area (Å²) in [6.45, 7) is 1.97. The molecule has 5 nitrogen and oxygen atoms in total. The number of amides is 1. The number of thioether (sulfide) groups is 1. The van der Waals surface area contributed by atoms with E-state index >= 15 is 0 Å². The lowest BCUT2D eigenvalue weighted by Gasteiger charge is -2.10. The normalized spacial score (nSPS) is 11.8. The van der Waals surface area contributed by atoms with Crippen molar-refractivity contribution in [2.75, 3.05) is 23.4 Å². The molecule has 3 N–H and O–H groups in total. The molecule has 0 fully saturated rings. The number of nitrogens with two attached hydrogens (primary N) is 1. The van der Waals surface area contributed by atoms with Gasteiger partial charge in [-0.2, -0.15) is 0 Å². The largest absolute Gasteiger partial charge is 0.465 e. The highest BCUT2D eigenvalue weighted by atomic mass is 32.2. The van der Waals surface area contributed by atoms with Gasteiger partial charge in [0, 0.05) is 11.4 Å². The summed E-state index contributed by atoms with van der Waals surface area (Å²) in [5, 5.41) is 2.55. The van der Waals surface area contributed by atoms with Crippen LogP contribution in [0.3, 0.4) is 0 Å². The first-order valence-electron chi connectivity index (χ1n) is 6.08. The van der Waals surface area contributed by atoms with E-state index in [2.05, 4.69) is 5.32 Å². The highest BCUT2D eigenvalue weighted by Gasteiger charge is 2.15. The van der Waals surface area contributed by atoms with E-state index < -0.39 is 17.8 Å². The highest BCUT2D eigenvalue weighted by Crippen LogP contribution is 2.10. The number of carbonyl (C=O) groups excluding carboxylic acids is 2. The van der Waals surface area contributed by atoms with Crippen molar-refractivity contribution in [1.82, 2.24) is 0 Å². The summed E-state index contributed by atoms with van der Waals surface area (Å²) in [5.41, 5.74) is 5.98. The second kappa shape index (κ2) is 8.55. The van der Waals surface area contributed by atoms with Crippen molar-refractivity contribution < 1.29 is 18.7 Å². The molecule has 0 aliphatic carbocycles. The first-order valence-corrected chi connectivity index (χ1v) is 7.23. The van der Waals surface area contributed by atoms with Crippen LogP contribution in [0.4, 0.5) is 10.1 Å². The van der Waals surface area contributed by atoms with E-state index in [9.17, 15) is 14.0 Å². The lowest BCUT2D eigenvalue weighted by Crippen LogP contribution is -2.35. The molecule has 0 bridgehead atoms.